The van der Waals surface area contributed by atoms with Gasteiger partial charge >= 0.3 is 0 Å². The zero-order chi connectivity index (χ0) is 15.9. The first-order valence-electron chi connectivity index (χ1n) is 8.01. The summed E-state index contributed by atoms with van der Waals surface area (Å²) < 4.78 is 5.24. The van der Waals surface area contributed by atoms with Crippen LogP contribution in [0.2, 0.25) is 0 Å². The summed E-state index contributed by atoms with van der Waals surface area (Å²) in [4.78, 5) is 12.2. The zero-order valence-corrected chi connectivity index (χ0v) is 13.7. The van der Waals surface area contributed by atoms with Crippen LogP contribution in [0.15, 0.2) is 36.4 Å². The molecule has 3 heteroatoms. The van der Waals surface area contributed by atoms with Gasteiger partial charge in [-0.25, -0.2) is 0 Å². The molecule has 3 nitrogen and oxygen atoms in total. The van der Waals surface area contributed by atoms with E-state index in [4.69, 9.17) is 4.74 Å². The third-order valence-corrected chi connectivity index (χ3v) is 4.04. The number of methoxy groups -OCH3 is 1. The van der Waals surface area contributed by atoms with Crippen LogP contribution in [-0.2, 0) is 4.79 Å². The number of fused-ring (bicyclic) bond motifs is 1. The van der Waals surface area contributed by atoms with Gasteiger partial charge in [0.05, 0.1) is 13.0 Å². The molecule has 0 heterocycles. The summed E-state index contributed by atoms with van der Waals surface area (Å²) in [6, 6.07) is 12.1. The third-order valence-electron chi connectivity index (χ3n) is 4.04. The van der Waals surface area contributed by atoms with Crippen molar-refractivity contribution < 1.29 is 9.53 Å². The minimum atomic E-state index is -0.131. The molecule has 0 aliphatic carbocycles. The van der Waals surface area contributed by atoms with Crippen LogP contribution in [0.5, 0.6) is 5.75 Å². The molecule has 0 bridgehead atoms. The fourth-order valence-electron chi connectivity index (χ4n) is 2.53. The van der Waals surface area contributed by atoms with Gasteiger partial charge in [-0.05, 0) is 41.8 Å². The van der Waals surface area contributed by atoms with E-state index in [-0.39, 0.29) is 11.8 Å². The maximum absolute atomic E-state index is 12.2. The van der Waals surface area contributed by atoms with Crippen LogP contribution in [0, 0.1) is 0 Å². The molecular formula is C19H25NO2. The Morgan fingerprint density at radius 2 is 1.86 bits per heavy atom. The molecule has 0 aromatic heterocycles. The van der Waals surface area contributed by atoms with E-state index in [1.54, 1.807) is 7.11 Å². The van der Waals surface area contributed by atoms with Gasteiger partial charge in [0.25, 0.3) is 0 Å². The van der Waals surface area contributed by atoms with Crippen LogP contribution in [0.4, 0.5) is 0 Å². The Kier molecular flexibility index (Phi) is 5.82. The van der Waals surface area contributed by atoms with Crippen molar-refractivity contribution in [1.29, 1.82) is 0 Å². The van der Waals surface area contributed by atoms with E-state index in [2.05, 4.69) is 18.3 Å². The van der Waals surface area contributed by atoms with Crippen LogP contribution in [-0.4, -0.2) is 19.6 Å². The van der Waals surface area contributed by atoms with Crippen molar-refractivity contribution >= 4 is 16.7 Å². The first-order chi connectivity index (χ1) is 10.7. The van der Waals surface area contributed by atoms with Gasteiger partial charge in [-0.1, -0.05) is 44.0 Å². The molecule has 2 rings (SSSR count). The number of amides is 1. The van der Waals surface area contributed by atoms with Gasteiger partial charge in [0.15, 0.2) is 0 Å². The van der Waals surface area contributed by atoms with Crippen molar-refractivity contribution in [2.45, 2.75) is 39.0 Å². The lowest BCUT2D eigenvalue weighted by Gasteiger charge is -2.13. The van der Waals surface area contributed by atoms with Gasteiger partial charge in [0, 0.05) is 6.54 Å². The number of nitrogens with one attached hydrogen (secondary N) is 1. The Labute approximate surface area is 132 Å². The van der Waals surface area contributed by atoms with Gasteiger partial charge in [0.2, 0.25) is 5.91 Å². The van der Waals surface area contributed by atoms with Crippen LogP contribution in [0.25, 0.3) is 10.8 Å². The van der Waals surface area contributed by atoms with Gasteiger partial charge in [-0.2, -0.15) is 0 Å². The van der Waals surface area contributed by atoms with E-state index in [1.165, 1.54) is 6.42 Å². The van der Waals surface area contributed by atoms with E-state index >= 15 is 0 Å². The molecule has 0 aliphatic heterocycles. The van der Waals surface area contributed by atoms with Crippen molar-refractivity contribution in [3.8, 4) is 5.75 Å². The zero-order valence-electron chi connectivity index (χ0n) is 13.7. The molecule has 1 N–H and O–H groups in total. The quantitative estimate of drug-likeness (QED) is 0.776. The highest BCUT2D eigenvalue weighted by Crippen LogP contribution is 2.25. The first-order valence-corrected chi connectivity index (χ1v) is 8.01. The molecule has 1 atom stereocenters. The Balaban J connectivity index is 2.07. The molecule has 2 aromatic rings. The lowest BCUT2D eigenvalue weighted by molar-refractivity contribution is -0.122. The molecule has 0 saturated heterocycles. The van der Waals surface area contributed by atoms with Gasteiger partial charge in [0.1, 0.15) is 5.75 Å². The molecule has 2 aromatic carbocycles. The average Bonchev–Trinajstić information content (AvgIpc) is 2.56. The molecule has 0 spiro atoms. The fourth-order valence-corrected chi connectivity index (χ4v) is 2.53. The first kappa shape index (κ1) is 16.3. The molecule has 1 unspecified atom stereocenters. The summed E-state index contributed by atoms with van der Waals surface area (Å²) in [5.74, 6) is 0.819. The normalized spacial score (nSPS) is 12.1. The van der Waals surface area contributed by atoms with Gasteiger partial charge < -0.3 is 10.1 Å². The SMILES string of the molecule is CCCCCNC(=O)C(C)c1ccc2cc(OC)ccc2c1. The second kappa shape index (κ2) is 7.83. The average molecular weight is 299 g/mol. The molecular weight excluding hydrogens is 274 g/mol. The highest BCUT2D eigenvalue weighted by Gasteiger charge is 2.15. The Morgan fingerprint density at radius 3 is 2.59 bits per heavy atom. The van der Waals surface area contributed by atoms with E-state index < -0.39 is 0 Å². The highest BCUT2D eigenvalue weighted by atomic mass is 16.5. The van der Waals surface area contributed by atoms with Gasteiger partial charge in [-0.3, -0.25) is 4.79 Å². The number of benzene rings is 2. The molecule has 0 radical (unpaired) electrons. The standard InChI is InChI=1S/C19H25NO2/c1-4-5-6-11-20-19(21)14(2)15-7-8-17-13-18(22-3)10-9-16(17)12-15/h7-10,12-14H,4-6,11H2,1-3H3,(H,20,21). The minimum absolute atomic E-state index is 0.101. The van der Waals surface area contributed by atoms with Crippen molar-refractivity contribution in [2.24, 2.45) is 0 Å². The Hall–Kier alpha value is -2.03. The van der Waals surface area contributed by atoms with Crippen LogP contribution in [0.1, 0.15) is 44.6 Å². The lowest BCUT2D eigenvalue weighted by atomic mass is 9.97. The molecule has 22 heavy (non-hydrogen) atoms. The molecule has 118 valence electrons. The smallest absolute Gasteiger partial charge is 0.227 e. The summed E-state index contributed by atoms with van der Waals surface area (Å²) >= 11 is 0. The van der Waals surface area contributed by atoms with Gasteiger partial charge in [-0.15, -0.1) is 0 Å². The van der Waals surface area contributed by atoms with E-state index in [0.717, 1.165) is 41.5 Å². The predicted molar refractivity (Wildman–Crippen MR) is 91.4 cm³/mol. The highest BCUT2D eigenvalue weighted by molar-refractivity contribution is 5.88. The number of rotatable bonds is 7. The number of carbonyl (C=O) groups excluding carboxylic acids is 1. The summed E-state index contributed by atoms with van der Waals surface area (Å²) in [6.07, 6.45) is 3.37. The minimum Gasteiger partial charge on any atom is -0.497 e. The van der Waals surface area contributed by atoms with Crippen molar-refractivity contribution in [1.82, 2.24) is 5.32 Å². The van der Waals surface area contributed by atoms with E-state index in [1.807, 2.05) is 37.3 Å². The monoisotopic (exact) mass is 299 g/mol. The number of carbonyl (C=O) groups is 1. The van der Waals surface area contributed by atoms with Crippen molar-refractivity contribution in [2.75, 3.05) is 13.7 Å². The Bertz CT molecular complexity index is 636. The lowest BCUT2D eigenvalue weighted by Crippen LogP contribution is -2.28. The van der Waals surface area contributed by atoms with Crippen molar-refractivity contribution in [3.63, 3.8) is 0 Å². The van der Waals surface area contributed by atoms with Crippen molar-refractivity contribution in [3.05, 3.63) is 42.0 Å². The van der Waals surface area contributed by atoms with Crippen LogP contribution >= 0.6 is 0 Å². The topological polar surface area (TPSA) is 38.3 Å². The molecule has 1 amide bonds. The van der Waals surface area contributed by atoms with Crippen LogP contribution in [0.3, 0.4) is 0 Å². The third kappa shape index (κ3) is 4.00. The molecule has 0 aliphatic rings. The second-order valence-corrected chi connectivity index (χ2v) is 5.69. The second-order valence-electron chi connectivity index (χ2n) is 5.69. The summed E-state index contributed by atoms with van der Waals surface area (Å²) in [5, 5.41) is 5.28. The summed E-state index contributed by atoms with van der Waals surface area (Å²) in [5.41, 5.74) is 1.05. The number of ether oxygens (including phenoxy) is 1. The van der Waals surface area contributed by atoms with E-state index in [0.29, 0.717) is 0 Å². The maximum atomic E-state index is 12.2. The number of unbranched alkanes of at least 4 members (excludes halogenated alkanes) is 2. The molecule has 0 saturated carbocycles. The maximum Gasteiger partial charge on any atom is 0.227 e. The largest absolute Gasteiger partial charge is 0.497 e. The molecule has 0 fully saturated rings. The summed E-state index contributed by atoms with van der Waals surface area (Å²) in [7, 11) is 1.67. The Morgan fingerprint density at radius 1 is 1.14 bits per heavy atom. The predicted octanol–water partition coefficient (Wildman–Crippen LogP) is 4.26. The van der Waals surface area contributed by atoms with Crippen LogP contribution < -0.4 is 10.1 Å². The fraction of sp³-hybridized carbons (Fsp3) is 0.421. The number of hydrogen-bond acceptors (Lipinski definition) is 2. The summed E-state index contributed by atoms with van der Waals surface area (Å²) in [6.45, 7) is 4.89. The number of hydrogen-bond donors (Lipinski definition) is 1. The van der Waals surface area contributed by atoms with E-state index in [9.17, 15) is 4.79 Å².